The minimum Gasteiger partial charge on any atom is -0.366 e. The van der Waals surface area contributed by atoms with Gasteiger partial charge in [0.05, 0.1) is 4.90 Å². The SMILES string of the molecule is NCc1cccc(S(=O)(=O)Nc2ccc(C(N)=O)cc2)c1. The summed E-state index contributed by atoms with van der Waals surface area (Å²) in [4.78, 5) is 11.1. The van der Waals surface area contributed by atoms with E-state index in [4.69, 9.17) is 11.5 Å². The predicted octanol–water partition coefficient (Wildman–Crippen LogP) is 1.04. The molecule has 1 amide bonds. The molecule has 0 bridgehead atoms. The van der Waals surface area contributed by atoms with Crippen LogP contribution in [0.5, 0.6) is 0 Å². The molecule has 5 N–H and O–H groups in total. The fraction of sp³-hybridized carbons (Fsp3) is 0.0714. The van der Waals surface area contributed by atoms with E-state index in [1.54, 1.807) is 12.1 Å². The Morgan fingerprint density at radius 3 is 2.33 bits per heavy atom. The molecule has 0 aliphatic heterocycles. The zero-order chi connectivity index (χ0) is 15.5. The average molecular weight is 305 g/mol. The van der Waals surface area contributed by atoms with E-state index >= 15 is 0 Å². The van der Waals surface area contributed by atoms with Crippen molar-refractivity contribution in [2.45, 2.75) is 11.4 Å². The third kappa shape index (κ3) is 3.59. The van der Waals surface area contributed by atoms with E-state index in [0.29, 0.717) is 11.3 Å². The lowest BCUT2D eigenvalue weighted by atomic mass is 10.2. The molecular formula is C14H15N3O3S. The van der Waals surface area contributed by atoms with Gasteiger partial charge in [0.2, 0.25) is 5.91 Å². The number of benzene rings is 2. The summed E-state index contributed by atoms with van der Waals surface area (Å²) in [6, 6.07) is 12.2. The van der Waals surface area contributed by atoms with E-state index < -0.39 is 15.9 Å². The van der Waals surface area contributed by atoms with Gasteiger partial charge in [-0.3, -0.25) is 9.52 Å². The number of nitrogens with one attached hydrogen (secondary N) is 1. The van der Waals surface area contributed by atoms with Gasteiger partial charge in [-0.2, -0.15) is 0 Å². The molecule has 0 saturated heterocycles. The molecule has 0 atom stereocenters. The van der Waals surface area contributed by atoms with Crippen molar-refractivity contribution in [2.24, 2.45) is 11.5 Å². The minimum absolute atomic E-state index is 0.129. The molecular weight excluding hydrogens is 290 g/mol. The van der Waals surface area contributed by atoms with Gasteiger partial charge in [0.25, 0.3) is 10.0 Å². The first kappa shape index (κ1) is 15.0. The Morgan fingerprint density at radius 2 is 1.76 bits per heavy atom. The molecule has 21 heavy (non-hydrogen) atoms. The normalized spacial score (nSPS) is 11.1. The summed E-state index contributed by atoms with van der Waals surface area (Å²) in [7, 11) is -3.70. The summed E-state index contributed by atoms with van der Waals surface area (Å²) in [5, 5.41) is 0. The van der Waals surface area contributed by atoms with E-state index in [1.807, 2.05) is 0 Å². The molecule has 110 valence electrons. The van der Waals surface area contributed by atoms with Crippen LogP contribution in [-0.4, -0.2) is 14.3 Å². The first-order valence-electron chi connectivity index (χ1n) is 6.14. The van der Waals surface area contributed by atoms with Crippen LogP contribution in [-0.2, 0) is 16.6 Å². The van der Waals surface area contributed by atoms with Gasteiger partial charge in [-0.1, -0.05) is 12.1 Å². The molecule has 0 spiro atoms. The topological polar surface area (TPSA) is 115 Å². The highest BCUT2D eigenvalue weighted by Gasteiger charge is 2.14. The van der Waals surface area contributed by atoms with E-state index in [0.717, 1.165) is 5.56 Å². The van der Waals surface area contributed by atoms with Gasteiger partial charge in [0.15, 0.2) is 0 Å². The summed E-state index contributed by atoms with van der Waals surface area (Å²) in [6.45, 7) is 0.261. The summed E-state index contributed by atoms with van der Waals surface area (Å²) >= 11 is 0. The van der Waals surface area contributed by atoms with Crippen LogP contribution < -0.4 is 16.2 Å². The van der Waals surface area contributed by atoms with Crippen LogP contribution >= 0.6 is 0 Å². The van der Waals surface area contributed by atoms with Gasteiger partial charge < -0.3 is 11.5 Å². The number of hydrogen-bond acceptors (Lipinski definition) is 4. The maximum atomic E-state index is 12.2. The second-order valence-electron chi connectivity index (χ2n) is 4.40. The molecule has 2 aromatic rings. The largest absolute Gasteiger partial charge is 0.366 e. The monoisotopic (exact) mass is 305 g/mol. The molecule has 2 rings (SSSR count). The van der Waals surface area contributed by atoms with Gasteiger partial charge in [-0.05, 0) is 42.0 Å². The van der Waals surface area contributed by atoms with Crippen LogP contribution in [0, 0.1) is 0 Å². The third-order valence-electron chi connectivity index (χ3n) is 2.87. The van der Waals surface area contributed by atoms with Gasteiger partial charge in [-0.25, -0.2) is 8.42 Å². The Balaban J connectivity index is 2.26. The highest BCUT2D eigenvalue weighted by molar-refractivity contribution is 7.92. The number of sulfonamides is 1. The van der Waals surface area contributed by atoms with Crippen molar-refractivity contribution in [3.05, 3.63) is 59.7 Å². The number of carbonyl (C=O) groups is 1. The van der Waals surface area contributed by atoms with Crippen molar-refractivity contribution < 1.29 is 13.2 Å². The van der Waals surface area contributed by atoms with Crippen molar-refractivity contribution in [3.8, 4) is 0 Å². The Labute approximate surface area is 122 Å². The van der Waals surface area contributed by atoms with Gasteiger partial charge in [0.1, 0.15) is 0 Å². The summed E-state index contributed by atoms with van der Waals surface area (Å²) in [5.41, 5.74) is 12.0. The number of rotatable bonds is 5. The number of primary amides is 1. The van der Waals surface area contributed by atoms with Gasteiger partial charge in [0, 0.05) is 17.8 Å². The van der Waals surface area contributed by atoms with E-state index in [9.17, 15) is 13.2 Å². The van der Waals surface area contributed by atoms with E-state index in [2.05, 4.69) is 4.72 Å². The lowest BCUT2D eigenvalue weighted by Crippen LogP contribution is -2.14. The minimum atomic E-state index is -3.70. The number of nitrogens with two attached hydrogens (primary N) is 2. The molecule has 2 aromatic carbocycles. The number of carbonyl (C=O) groups excluding carboxylic acids is 1. The molecule has 7 heteroatoms. The smallest absolute Gasteiger partial charge is 0.261 e. The molecule has 0 heterocycles. The van der Waals surface area contributed by atoms with Crippen LogP contribution in [0.15, 0.2) is 53.4 Å². The van der Waals surface area contributed by atoms with Crippen LogP contribution in [0.4, 0.5) is 5.69 Å². The summed E-state index contributed by atoms with van der Waals surface area (Å²) in [5.74, 6) is -0.569. The average Bonchev–Trinajstić information content (AvgIpc) is 2.47. The second kappa shape index (κ2) is 5.94. The highest BCUT2D eigenvalue weighted by Crippen LogP contribution is 2.17. The van der Waals surface area contributed by atoms with Crippen LogP contribution in [0.3, 0.4) is 0 Å². The van der Waals surface area contributed by atoms with Crippen molar-refractivity contribution in [2.75, 3.05) is 4.72 Å². The lowest BCUT2D eigenvalue weighted by molar-refractivity contribution is 0.100. The Bertz CT molecular complexity index is 755. The maximum Gasteiger partial charge on any atom is 0.261 e. The third-order valence-corrected chi connectivity index (χ3v) is 4.25. The van der Waals surface area contributed by atoms with Crippen LogP contribution in [0.2, 0.25) is 0 Å². The molecule has 6 nitrogen and oxygen atoms in total. The number of amides is 1. The molecule has 0 fully saturated rings. The van der Waals surface area contributed by atoms with Crippen LogP contribution in [0.1, 0.15) is 15.9 Å². The zero-order valence-corrected chi connectivity index (χ0v) is 11.9. The van der Waals surface area contributed by atoms with E-state index in [1.165, 1.54) is 36.4 Å². The fourth-order valence-electron chi connectivity index (χ4n) is 1.76. The fourth-order valence-corrected chi connectivity index (χ4v) is 2.88. The van der Waals surface area contributed by atoms with Crippen molar-refractivity contribution in [1.82, 2.24) is 0 Å². The summed E-state index contributed by atoms with van der Waals surface area (Å²) < 4.78 is 26.9. The molecule has 0 unspecified atom stereocenters. The Kier molecular flexibility index (Phi) is 4.25. The lowest BCUT2D eigenvalue weighted by Gasteiger charge is -2.09. The number of hydrogen-bond donors (Lipinski definition) is 3. The summed E-state index contributed by atoms with van der Waals surface area (Å²) in [6.07, 6.45) is 0. The molecule has 0 aromatic heterocycles. The predicted molar refractivity (Wildman–Crippen MR) is 80.1 cm³/mol. The van der Waals surface area contributed by atoms with Gasteiger partial charge in [-0.15, -0.1) is 0 Å². The Morgan fingerprint density at radius 1 is 1.10 bits per heavy atom. The van der Waals surface area contributed by atoms with Crippen LogP contribution in [0.25, 0.3) is 0 Å². The quantitative estimate of drug-likeness (QED) is 0.765. The molecule has 0 aliphatic rings. The molecule has 0 radical (unpaired) electrons. The van der Waals surface area contributed by atoms with Gasteiger partial charge >= 0.3 is 0 Å². The standard InChI is InChI=1S/C14H15N3O3S/c15-9-10-2-1-3-13(8-10)21(19,20)17-12-6-4-11(5-7-12)14(16)18/h1-8,17H,9,15H2,(H2,16,18). The molecule has 0 saturated carbocycles. The Hall–Kier alpha value is -2.38. The first-order chi connectivity index (χ1) is 9.92. The highest BCUT2D eigenvalue weighted by atomic mass is 32.2. The maximum absolute atomic E-state index is 12.2. The number of anilines is 1. The van der Waals surface area contributed by atoms with Crippen molar-refractivity contribution in [3.63, 3.8) is 0 Å². The second-order valence-corrected chi connectivity index (χ2v) is 6.08. The van der Waals surface area contributed by atoms with Crippen molar-refractivity contribution in [1.29, 1.82) is 0 Å². The zero-order valence-electron chi connectivity index (χ0n) is 11.1. The first-order valence-corrected chi connectivity index (χ1v) is 7.62. The molecule has 0 aliphatic carbocycles. The van der Waals surface area contributed by atoms with E-state index in [-0.39, 0.29) is 11.4 Å². The van der Waals surface area contributed by atoms with Crippen molar-refractivity contribution >= 4 is 21.6 Å².